The van der Waals surface area contributed by atoms with Gasteiger partial charge in [-0.1, -0.05) is 174 Å². The van der Waals surface area contributed by atoms with E-state index in [-0.39, 0.29) is 19.0 Å². The molecule has 0 aliphatic carbocycles. The van der Waals surface area contributed by atoms with E-state index < -0.39 is 26.5 Å². The first-order valence-corrected chi connectivity index (χ1v) is 20.7. The molecule has 2 unspecified atom stereocenters. The molecule has 8 nitrogen and oxygen atoms in total. The zero-order valence-electron chi connectivity index (χ0n) is 30.2. The molecule has 0 radical (unpaired) electrons. The van der Waals surface area contributed by atoms with Crippen LogP contribution in [0.4, 0.5) is 0 Å². The Bertz CT molecular complexity index is 732. The normalized spacial score (nSPS) is 13.4. The van der Waals surface area contributed by atoms with Gasteiger partial charge in [0.2, 0.25) is 0 Å². The fourth-order valence-corrected chi connectivity index (χ4v) is 6.06. The van der Waals surface area contributed by atoms with Crippen molar-refractivity contribution in [2.75, 3.05) is 20.3 Å². The van der Waals surface area contributed by atoms with Crippen LogP contribution in [-0.2, 0) is 32.7 Å². The van der Waals surface area contributed by atoms with Crippen molar-refractivity contribution in [3.63, 3.8) is 0 Å². The van der Waals surface area contributed by atoms with Crippen LogP contribution in [0.2, 0.25) is 0 Å². The standard InChI is InChI=1S/C37H73O8P/c1-4-6-8-10-12-14-15-16-17-18-19-20-21-22-24-26-28-30-32-37(39)45-35(34-44-46(40,41)42-3)33-43-36(38)31-29-27-25-23-13-11-9-7-5-2/h35H,4-34H2,1-3H3,(H,40,41). The predicted octanol–water partition coefficient (Wildman–Crippen LogP) is 11.6. The second-order valence-electron chi connectivity index (χ2n) is 13.1. The molecule has 9 heteroatoms. The van der Waals surface area contributed by atoms with Crippen molar-refractivity contribution in [1.82, 2.24) is 0 Å². The molecular formula is C37H73O8P. The van der Waals surface area contributed by atoms with Crippen LogP contribution in [0.1, 0.15) is 200 Å². The van der Waals surface area contributed by atoms with Crippen molar-refractivity contribution in [2.45, 2.75) is 206 Å². The highest BCUT2D eigenvalue weighted by Crippen LogP contribution is 2.42. The molecule has 274 valence electrons. The Morgan fingerprint density at radius 1 is 0.522 bits per heavy atom. The van der Waals surface area contributed by atoms with Gasteiger partial charge in [0.25, 0.3) is 0 Å². The van der Waals surface area contributed by atoms with Gasteiger partial charge in [-0.15, -0.1) is 0 Å². The zero-order chi connectivity index (χ0) is 34.0. The summed E-state index contributed by atoms with van der Waals surface area (Å²) in [5.41, 5.74) is 0. The fourth-order valence-electron chi connectivity index (χ4n) is 5.60. The molecule has 0 aliphatic heterocycles. The lowest BCUT2D eigenvalue weighted by Crippen LogP contribution is -2.29. The molecule has 2 atom stereocenters. The third-order valence-corrected chi connectivity index (χ3v) is 9.54. The van der Waals surface area contributed by atoms with Crippen LogP contribution in [0.5, 0.6) is 0 Å². The minimum Gasteiger partial charge on any atom is -0.462 e. The van der Waals surface area contributed by atoms with E-state index in [1.54, 1.807) is 0 Å². The van der Waals surface area contributed by atoms with Gasteiger partial charge in [-0.05, 0) is 12.8 Å². The molecule has 0 fully saturated rings. The van der Waals surface area contributed by atoms with Gasteiger partial charge in [-0.3, -0.25) is 18.6 Å². The van der Waals surface area contributed by atoms with E-state index in [9.17, 15) is 19.0 Å². The van der Waals surface area contributed by atoms with Gasteiger partial charge in [-0.2, -0.15) is 0 Å². The van der Waals surface area contributed by atoms with E-state index in [2.05, 4.69) is 18.4 Å². The molecule has 0 aromatic heterocycles. The zero-order valence-corrected chi connectivity index (χ0v) is 31.1. The third-order valence-electron chi connectivity index (χ3n) is 8.60. The topological polar surface area (TPSA) is 108 Å². The first-order valence-electron chi connectivity index (χ1n) is 19.2. The summed E-state index contributed by atoms with van der Waals surface area (Å²) >= 11 is 0. The van der Waals surface area contributed by atoms with Gasteiger partial charge in [0.1, 0.15) is 6.61 Å². The fraction of sp³-hybridized carbons (Fsp3) is 0.946. The molecule has 0 amide bonds. The number of ether oxygens (including phenoxy) is 2. The number of rotatable bonds is 36. The van der Waals surface area contributed by atoms with Crippen LogP contribution in [0.15, 0.2) is 0 Å². The summed E-state index contributed by atoms with van der Waals surface area (Å²) in [7, 11) is -3.18. The third kappa shape index (κ3) is 33.0. The van der Waals surface area contributed by atoms with Crippen LogP contribution in [0.3, 0.4) is 0 Å². The molecule has 0 aromatic rings. The smallest absolute Gasteiger partial charge is 0.462 e. The monoisotopic (exact) mass is 677 g/mol. The van der Waals surface area contributed by atoms with Gasteiger partial charge >= 0.3 is 19.8 Å². The summed E-state index contributed by atoms with van der Waals surface area (Å²) in [6, 6.07) is 0. The molecule has 46 heavy (non-hydrogen) atoms. The molecule has 0 aromatic carbocycles. The summed E-state index contributed by atoms with van der Waals surface area (Å²) < 4.78 is 31.8. The Hall–Kier alpha value is -0.950. The molecule has 0 heterocycles. The van der Waals surface area contributed by atoms with E-state index in [1.165, 1.54) is 135 Å². The van der Waals surface area contributed by atoms with Crippen LogP contribution in [0.25, 0.3) is 0 Å². The first kappa shape index (κ1) is 45.0. The van der Waals surface area contributed by atoms with Gasteiger partial charge in [-0.25, -0.2) is 4.57 Å². The average Bonchev–Trinajstić information content (AvgIpc) is 3.04. The number of phosphoric ester groups is 1. The number of unbranched alkanes of at least 4 members (excludes halogenated alkanes) is 25. The molecule has 0 rings (SSSR count). The van der Waals surface area contributed by atoms with Crippen molar-refractivity contribution in [2.24, 2.45) is 0 Å². The Morgan fingerprint density at radius 3 is 1.20 bits per heavy atom. The maximum Gasteiger partial charge on any atom is 0.472 e. The van der Waals surface area contributed by atoms with Crippen LogP contribution in [-0.4, -0.2) is 43.3 Å². The molecular weight excluding hydrogens is 603 g/mol. The Kier molecular flexibility index (Phi) is 33.2. The lowest BCUT2D eigenvalue weighted by atomic mass is 10.0. The van der Waals surface area contributed by atoms with Gasteiger partial charge in [0, 0.05) is 20.0 Å². The highest BCUT2D eigenvalue weighted by atomic mass is 31.2. The molecule has 0 saturated carbocycles. The van der Waals surface area contributed by atoms with Crippen molar-refractivity contribution < 1.29 is 37.6 Å². The van der Waals surface area contributed by atoms with E-state index >= 15 is 0 Å². The Labute approximate surface area is 283 Å². The summed E-state index contributed by atoms with van der Waals surface area (Å²) in [6.45, 7) is 3.88. The Balaban J connectivity index is 3.95. The second-order valence-corrected chi connectivity index (χ2v) is 14.6. The van der Waals surface area contributed by atoms with E-state index in [0.717, 1.165) is 45.6 Å². The summed E-state index contributed by atoms with van der Waals surface area (Å²) in [6.07, 6.45) is 33.0. The number of carbonyl (C=O) groups excluding carboxylic acids is 2. The lowest BCUT2D eigenvalue weighted by Gasteiger charge is -2.19. The quantitative estimate of drug-likeness (QED) is 0.0397. The largest absolute Gasteiger partial charge is 0.472 e. The van der Waals surface area contributed by atoms with Crippen molar-refractivity contribution in [1.29, 1.82) is 0 Å². The molecule has 0 saturated heterocycles. The van der Waals surface area contributed by atoms with Gasteiger partial charge in [0.15, 0.2) is 6.10 Å². The molecule has 0 spiro atoms. The maximum atomic E-state index is 12.4. The first-order chi connectivity index (χ1) is 22.3. The van der Waals surface area contributed by atoms with Crippen molar-refractivity contribution in [3.8, 4) is 0 Å². The molecule has 0 bridgehead atoms. The van der Waals surface area contributed by atoms with Crippen LogP contribution in [0, 0.1) is 0 Å². The predicted molar refractivity (Wildman–Crippen MR) is 189 cm³/mol. The molecule has 1 N–H and O–H groups in total. The van der Waals surface area contributed by atoms with Crippen LogP contribution < -0.4 is 0 Å². The van der Waals surface area contributed by atoms with Crippen molar-refractivity contribution >= 4 is 19.8 Å². The summed E-state index contributed by atoms with van der Waals surface area (Å²) in [4.78, 5) is 34.2. The summed E-state index contributed by atoms with van der Waals surface area (Å²) in [5, 5.41) is 0. The SMILES string of the molecule is CCCCCCCCCCCCCCCCCCCCC(=O)OC(COC(=O)CCCCCCCCCCC)COP(=O)(O)OC. The van der Waals surface area contributed by atoms with Crippen molar-refractivity contribution in [3.05, 3.63) is 0 Å². The summed E-state index contributed by atoms with van der Waals surface area (Å²) in [5.74, 6) is -0.795. The van der Waals surface area contributed by atoms with Crippen LogP contribution >= 0.6 is 7.82 Å². The maximum absolute atomic E-state index is 12.4. The number of hydrogen-bond acceptors (Lipinski definition) is 7. The number of phosphoric acid groups is 1. The van der Waals surface area contributed by atoms with E-state index in [0.29, 0.717) is 6.42 Å². The Morgan fingerprint density at radius 2 is 0.848 bits per heavy atom. The van der Waals surface area contributed by atoms with E-state index in [1.807, 2.05) is 0 Å². The highest BCUT2D eigenvalue weighted by Gasteiger charge is 2.24. The number of esters is 2. The van der Waals surface area contributed by atoms with E-state index in [4.69, 9.17) is 14.0 Å². The number of carbonyl (C=O) groups is 2. The lowest BCUT2D eigenvalue weighted by molar-refractivity contribution is -0.161. The van der Waals surface area contributed by atoms with Gasteiger partial charge in [0.05, 0.1) is 6.61 Å². The minimum absolute atomic E-state index is 0.217. The number of hydrogen-bond donors (Lipinski definition) is 1. The average molecular weight is 677 g/mol. The highest BCUT2D eigenvalue weighted by molar-refractivity contribution is 7.47. The minimum atomic E-state index is -4.24. The second kappa shape index (κ2) is 33.9. The molecule has 0 aliphatic rings. The van der Waals surface area contributed by atoms with Gasteiger partial charge < -0.3 is 14.4 Å².